The molecule has 0 saturated heterocycles. The maximum Gasteiger partial charge on any atom is 0.394 e. The van der Waals surface area contributed by atoms with E-state index in [2.05, 4.69) is 4.42 Å². The molecule has 0 aliphatic rings. The fraction of sp³-hybridized carbons (Fsp3) is 0.200. The Morgan fingerprint density at radius 3 is 1.75 bits per heavy atom. The fourth-order valence-electron chi connectivity index (χ4n) is 0.732. The molecule has 13 nitrogen and oxygen atoms in total. The van der Waals surface area contributed by atoms with Gasteiger partial charge in [-0.25, -0.2) is 14.4 Å². The Labute approximate surface area is 133 Å². The highest BCUT2D eigenvalue weighted by Gasteiger charge is 2.16. The number of carboxylic acids is 3. The van der Waals surface area contributed by atoms with Gasteiger partial charge in [-0.15, -0.1) is 0 Å². The standard InChI is InChI=1S/C6H4O4.C4H6O5.H2O4S/c7-5-2-1-4(3-10-5)6(8)9;5-2(4(8)9)1-3(6)7;1-5(2,3)4/h1-3H,(H,8,9);2,5H,1H2,(H,6,7)(H,8,9);(H2,1,2,3,4). The average Bonchev–Trinajstić information content (AvgIpc) is 2.37. The Kier molecular flexibility index (Phi) is 10.6. The lowest BCUT2D eigenvalue weighted by molar-refractivity contribution is -0.152. The number of aliphatic hydroxyl groups is 1. The van der Waals surface area contributed by atoms with Crippen molar-refractivity contribution in [2.45, 2.75) is 12.5 Å². The molecule has 1 atom stereocenters. The van der Waals surface area contributed by atoms with Crippen molar-refractivity contribution < 1.29 is 56.8 Å². The van der Waals surface area contributed by atoms with Crippen molar-refractivity contribution >= 4 is 28.3 Å². The van der Waals surface area contributed by atoms with E-state index in [-0.39, 0.29) is 5.56 Å². The van der Waals surface area contributed by atoms with Gasteiger partial charge >= 0.3 is 33.9 Å². The molecule has 1 aromatic heterocycles. The molecule has 1 aromatic rings. The summed E-state index contributed by atoms with van der Waals surface area (Å²) < 4.78 is 35.9. The Hall–Kier alpha value is -2.81. The molecule has 6 N–H and O–H groups in total. The molecule has 14 heteroatoms. The summed E-state index contributed by atoms with van der Waals surface area (Å²) >= 11 is 0. The topological polar surface area (TPSA) is 237 Å². The Morgan fingerprint density at radius 2 is 1.54 bits per heavy atom. The molecule has 0 aliphatic carbocycles. The molecular weight excluding hydrogens is 360 g/mol. The molecule has 0 aliphatic heterocycles. The van der Waals surface area contributed by atoms with E-state index in [1.54, 1.807) is 0 Å². The third-order valence-corrected chi connectivity index (χ3v) is 1.60. The van der Waals surface area contributed by atoms with Gasteiger partial charge in [0.15, 0.2) is 6.10 Å². The number of hydrogen-bond acceptors (Lipinski definition) is 8. The molecule has 1 heterocycles. The minimum absolute atomic E-state index is 0.0281. The first-order valence-electron chi connectivity index (χ1n) is 5.38. The Bertz CT molecular complexity index is 688. The van der Waals surface area contributed by atoms with Crippen LogP contribution in [0.1, 0.15) is 16.8 Å². The molecule has 0 amide bonds. The van der Waals surface area contributed by atoms with Gasteiger partial charge in [-0.3, -0.25) is 13.9 Å². The van der Waals surface area contributed by atoms with Crippen molar-refractivity contribution in [1.29, 1.82) is 0 Å². The summed E-state index contributed by atoms with van der Waals surface area (Å²) in [5, 5.41) is 32.5. The number of carboxylic acid groups (broad SMARTS) is 3. The van der Waals surface area contributed by atoms with Crippen molar-refractivity contribution in [3.05, 3.63) is 34.4 Å². The first-order chi connectivity index (χ1) is 10.7. The van der Waals surface area contributed by atoms with Crippen molar-refractivity contribution in [3.8, 4) is 0 Å². The van der Waals surface area contributed by atoms with E-state index in [0.29, 0.717) is 0 Å². The number of aromatic carboxylic acids is 1. The van der Waals surface area contributed by atoms with Crippen LogP contribution in [0.5, 0.6) is 0 Å². The number of aliphatic carboxylic acids is 2. The number of aliphatic hydroxyl groups excluding tert-OH is 1. The van der Waals surface area contributed by atoms with Crippen molar-refractivity contribution in [2.75, 3.05) is 0 Å². The minimum atomic E-state index is -4.67. The zero-order valence-corrected chi connectivity index (χ0v) is 12.3. The highest BCUT2D eigenvalue weighted by Crippen LogP contribution is 1.92. The average molecular weight is 372 g/mol. The molecule has 1 unspecified atom stereocenters. The summed E-state index contributed by atoms with van der Waals surface area (Å²) in [5.41, 5.74) is -0.579. The molecule has 0 fully saturated rings. The predicted molar refractivity (Wildman–Crippen MR) is 72.0 cm³/mol. The lowest BCUT2D eigenvalue weighted by Gasteiger charge is -1.97. The number of carbonyl (C=O) groups is 3. The predicted octanol–water partition coefficient (Wildman–Crippen LogP) is -1.41. The number of rotatable bonds is 4. The van der Waals surface area contributed by atoms with Gasteiger partial charge in [0.05, 0.1) is 12.0 Å². The summed E-state index contributed by atoms with van der Waals surface area (Å²) in [7, 11) is -4.67. The highest BCUT2D eigenvalue weighted by atomic mass is 32.3. The van der Waals surface area contributed by atoms with E-state index in [0.717, 1.165) is 12.3 Å². The van der Waals surface area contributed by atoms with Crippen molar-refractivity contribution in [3.63, 3.8) is 0 Å². The van der Waals surface area contributed by atoms with Crippen LogP contribution in [-0.2, 0) is 20.0 Å². The molecular formula is C10H12O13S. The van der Waals surface area contributed by atoms with Crippen LogP contribution < -0.4 is 5.63 Å². The van der Waals surface area contributed by atoms with Crippen LogP contribution in [0.15, 0.2) is 27.6 Å². The van der Waals surface area contributed by atoms with Crippen LogP contribution in [0.2, 0.25) is 0 Å². The maximum atomic E-state index is 10.3. The van der Waals surface area contributed by atoms with Crippen LogP contribution in [0, 0.1) is 0 Å². The molecule has 1 rings (SSSR count). The van der Waals surface area contributed by atoms with Gasteiger partial charge in [0, 0.05) is 6.07 Å². The van der Waals surface area contributed by atoms with Gasteiger partial charge in [-0.05, 0) is 6.07 Å². The Balaban J connectivity index is 0. The van der Waals surface area contributed by atoms with Crippen LogP contribution in [-0.4, -0.2) is 62.0 Å². The summed E-state index contributed by atoms with van der Waals surface area (Å²) in [5.74, 6) is -3.95. The van der Waals surface area contributed by atoms with Gasteiger partial charge in [-0.2, -0.15) is 8.42 Å². The van der Waals surface area contributed by atoms with E-state index in [9.17, 15) is 19.2 Å². The molecule has 24 heavy (non-hydrogen) atoms. The molecule has 0 aromatic carbocycles. The van der Waals surface area contributed by atoms with Gasteiger partial charge < -0.3 is 24.8 Å². The fourth-order valence-corrected chi connectivity index (χ4v) is 0.732. The summed E-state index contributed by atoms with van der Waals surface area (Å²) in [6.07, 6.45) is -1.64. The van der Waals surface area contributed by atoms with Crippen LogP contribution >= 0.6 is 0 Å². The summed E-state index contributed by atoms with van der Waals surface area (Å²) in [6.45, 7) is 0. The summed E-state index contributed by atoms with van der Waals surface area (Å²) in [6, 6.07) is 2.25. The van der Waals surface area contributed by atoms with E-state index in [4.69, 9.17) is 37.9 Å². The van der Waals surface area contributed by atoms with E-state index >= 15 is 0 Å². The quantitative estimate of drug-likeness (QED) is 0.333. The second kappa shape index (κ2) is 10.8. The highest BCUT2D eigenvalue weighted by molar-refractivity contribution is 7.79. The molecule has 0 bridgehead atoms. The maximum absolute atomic E-state index is 10.3. The van der Waals surface area contributed by atoms with Crippen LogP contribution in [0.25, 0.3) is 0 Å². The second-order valence-corrected chi connectivity index (χ2v) is 4.44. The monoisotopic (exact) mass is 372 g/mol. The lowest BCUT2D eigenvalue weighted by atomic mass is 10.3. The van der Waals surface area contributed by atoms with Crippen molar-refractivity contribution in [2.24, 2.45) is 0 Å². The third-order valence-electron chi connectivity index (χ3n) is 1.60. The van der Waals surface area contributed by atoms with Gasteiger partial charge in [0.1, 0.15) is 6.26 Å². The Morgan fingerprint density at radius 1 is 1.08 bits per heavy atom. The second-order valence-electron chi connectivity index (χ2n) is 3.55. The smallest absolute Gasteiger partial charge is 0.394 e. The van der Waals surface area contributed by atoms with Gasteiger partial charge in [0.2, 0.25) is 0 Å². The van der Waals surface area contributed by atoms with E-state index in [1.165, 1.54) is 6.07 Å². The largest absolute Gasteiger partial charge is 0.481 e. The van der Waals surface area contributed by atoms with Gasteiger partial charge in [-0.1, -0.05) is 0 Å². The first-order valence-corrected chi connectivity index (χ1v) is 6.78. The molecule has 136 valence electrons. The summed E-state index contributed by atoms with van der Waals surface area (Å²) in [4.78, 5) is 39.8. The van der Waals surface area contributed by atoms with Crippen molar-refractivity contribution in [1.82, 2.24) is 0 Å². The first kappa shape index (κ1) is 23.5. The van der Waals surface area contributed by atoms with E-state index in [1.807, 2.05) is 0 Å². The van der Waals surface area contributed by atoms with E-state index < -0.39 is 46.5 Å². The molecule has 0 radical (unpaired) electrons. The minimum Gasteiger partial charge on any atom is -0.481 e. The van der Waals surface area contributed by atoms with Crippen LogP contribution in [0.4, 0.5) is 0 Å². The lowest BCUT2D eigenvalue weighted by Crippen LogP contribution is -2.22. The zero-order valence-electron chi connectivity index (χ0n) is 11.5. The zero-order chi connectivity index (χ0) is 19.5. The number of hydrogen-bond donors (Lipinski definition) is 6. The van der Waals surface area contributed by atoms with Gasteiger partial charge in [0.25, 0.3) is 0 Å². The van der Waals surface area contributed by atoms with Crippen LogP contribution in [0.3, 0.4) is 0 Å². The third kappa shape index (κ3) is 17.2. The molecule has 0 saturated carbocycles. The SMILES string of the molecule is O=C(O)CC(O)C(=O)O.O=C(O)c1ccc(=O)oc1.O=S(=O)(O)O. The molecule has 0 spiro atoms. The normalized spacial score (nSPS) is 11.0.